The first-order valence-electron chi connectivity index (χ1n) is 5.48. The van der Waals surface area contributed by atoms with Gasteiger partial charge >= 0.3 is 0 Å². The highest BCUT2D eigenvalue weighted by atomic mass is 15.3. The van der Waals surface area contributed by atoms with Gasteiger partial charge in [-0.3, -0.25) is 0 Å². The molecular weight excluding hydrogens is 176 g/mol. The van der Waals surface area contributed by atoms with Crippen LogP contribution < -0.4 is 5.73 Å². The van der Waals surface area contributed by atoms with Crippen molar-refractivity contribution >= 4 is 0 Å². The van der Waals surface area contributed by atoms with Gasteiger partial charge in [-0.25, -0.2) is 0 Å². The van der Waals surface area contributed by atoms with E-state index in [-0.39, 0.29) is 0 Å². The Morgan fingerprint density at radius 2 is 2.36 bits per heavy atom. The van der Waals surface area contributed by atoms with Gasteiger partial charge < -0.3 is 10.3 Å². The normalized spacial score (nSPS) is 17.0. The zero-order valence-electron chi connectivity index (χ0n) is 8.74. The third-order valence-electron chi connectivity index (χ3n) is 2.92. The van der Waals surface area contributed by atoms with Crippen molar-refractivity contribution in [3.8, 4) is 0 Å². The average Bonchev–Trinajstić information content (AvgIpc) is 2.75. The van der Waals surface area contributed by atoms with Crippen molar-refractivity contribution in [1.82, 2.24) is 14.8 Å². The molecule has 0 amide bonds. The highest BCUT2D eigenvalue weighted by molar-refractivity contribution is 5.05. The fourth-order valence-electron chi connectivity index (χ4n) is 2.18. The second-order valence-electron chi connectivity index (χ2n) is 3.95. The van der Waals surface area contributed by atoms with Crippen LogP contribution in [0.2, 0.25) is 0 Å². The Morgan fingerprint density at radius 1 is 1.50 bits per heavy atom. The molecule has 2 heterocycles. The lowest BCUT2D eigenvalue weighted by molar-refractivity contribution is 0.549. The summed E-state index contributed by atoms with van der Waals surface area (Å²) in [5, 5.41) is 8.47. The number of fused-ring (bicyclic) bond motifs is 1. The minimum absolute atomic E-state index is 0.402. The molecule has 1 aliphatic heterocycles. The molecule has 4 nitrogen and oxygen atoms in total. The molecule has 2 rings (SSSR count). The fourth-order valence-corrected chi connectivity index (χ4v) is 2.18. The van der Waals surface area contributed by atoms with E-state index in [0.717, 1.165) is 37.5 Å². The second kappa shape index (κ2) is 4.09. The van der Waals surface area contributed by atoms with Crippen molar-refractivity contribution in [2.75, 3.05) is 6.54 Å². The number of hydrogen-bond acceptors (Lipinski definition) is 3. The van der Waals surface area contributed by atoms with E-state index in [1.165, 1.54) is 6.42 Å². The molecule has 1 atom stereocenters. The number of aromatic nitrogens is 3. The largest absolute Gasteiger partial charge is 0.330 e. The molecule has 1 aromatic rings. The highest BCUT2D eigenvalue weighted by Gasteiger charge is 2.22. The van der Waals surface area contributed by atoms with Crippen LogP contribution in [0.3, 0.4) is 0 Å². The maximum absolute atomic E-state index is 5.76. The Morgan fingerprint density at radius 3 is 3.07 bits per heavy atom. The standard InChI is InChI=1S/C10H18N4/c1-2-4-8(7-11)10-13-12-9-5-3-6-14(9)10/h8H,2-7,11H2,1H3. The first kappa shape index (κ1) is 9.65. The van der Waals surface area contributed by atoms with Gasteiger partial charge in [-0.05, 0) is 12.8 Å². The Kier molecular flexibility index (Phi) is 2.82. The molecule has 4 heteroatoms. The van der Waals surface area contributed by atoms with Crippen LogP contribution in [0.5, 0.6) is 0 Å². The van der Waals surface area contributed by atoms with Crippen LogP contribution in [0.15, 0.2) is 0 Å². The van der Waals surface area contributed by atoms with Crippen LogP contribution in [0, 0.1) is 0 Å². The van der Waals surface area contributed by atoms with Crippen molar-refractivity contribution in [3.63, 3.8) is 0 Å². The van der Waals surface area contributed by atoms with Crippen LogP contribution in [0.1, 0.15) is 43.8 Å². The smallest absolute Gasteiger partial charge is 0.137 e. The molecule has 1 unspecified atom stereocenters. The van der Waals surface area contributed by atoms with Gasteiger partial charge in [-0.15, -0.1) is 10.2 Å². The van der Waals surface area contributed by atoms with Gasteiger partial charge in [0, 0.05) is 25.4 Å². The van der Waals surface area contributed by atoms with Gasteiger partial charge in [0.25, 0.3) is 0 Å². The molecule has 0 fully saturated rings. The van der Waals surface area contributed by atoms with E-state index in [4.69, 9.17) is 5.73 Å². The Balaban J connectivity index is 2.21. The van der Waals surface area contributed by atoms with Crippen molar-refractivity contribution < 1.29 is 0 Å². The highest BCUT2D eigenvalue weighted by Crippen LogP contribution is 2.23. The van der Waals surface area contributed by atoms with Gasteiger partial charge in [-0.1, -0.05) is 13.3 Å². The molecule has 0 radical (unpaired) electrons. The molecule has 78 valence electrons. The molecule has 0 saturated heterocycles. The Labute approximate surface area is 84.5 Å². The summed E-state index contributed by atoms with van der Waals surface area (Å²) in [5.74, 6) is 2.66. The number of aryl methyl sites for hydroxylation is 1. The minimum atomic E-state index is 0.402. The monoisotopic (exact) mass is 194 g/mol. The molecule has 0 saturated carbocycles. The van der Waals surface area contributed by atoms with Crippen molar-refractivity contribution in [2.45, 2.75) is 45.1 Å². The summed E-state index contributed by atoms with van der Waals surface area (Å²) in [4.78, 5) is 0. The average molecular weight is 194 g/mol. The first-order valence-corrected chi connectivity index (χ1v) is 5.48. The summed E-state index contributed by atoms with van der Waals surface area (Å²) in [6.45, 7) is 3.95. The van der Waals surface area contributed by atoms with Crippen molar-refractivity contribution in [2.24, 2.45) is 5.73 Å². The minimum Gasteiger partial charge on any atom is -0.330 e. The lowest BCUT2D eigenvalue weighted by Gasteiger charge is -2.13. The van der Waals surface area contributed by atoms with Crippen molar-refractivity contribution in [1.29, 1.82) is 0 Å². The molecule has 1 aliphatic rings. The second-order valence-corrected chi connectivity index (χ2v) is 3.95. The summed E-state index contributed by atoms with van der Waals surface area (Å²) < 4.78 is 2.26. The molecule has 1 aromatic heterocycles. The van der Waals surface area contributed by atoms with Gasteiger partial charge in [-0.2, -0.15) is 0 Å². The summed E-state index contributed by atoms with van der Waals surface area (Å²) >= 11 is 0. The van der Waals surface area contributed by atoms with Crippen LogP contribution in [-0.2, 0) is 13.0 Å². The lowest BCUT2D eigenvalue weighted by Crippen LogP contribution is -2.17. The fraction of sp³-hybridized carbons (Fsp3) is 0.800. The van der Waals surface area contributed by atoms with Gasteiger partial charge in [0.2, 0.25) is 0 Å². The van der Waals surface area contributed by atoms with E-state index in [1.54, 1.807) is 0 Å². The molecule has 0 spiro atoms. The van der Waals surface area contributed by atoms with E-state index >= 15 is 0 Å². The molecule has 0 bridgehead atoms. The van der Waals surface area contributed by atoms with Crippen LogP contribution in [0.4, 0.5) is 0 Å². The number of nitrogens with zero attached hydrogens (tertiary/aromatic N) is 3. The molecular formula is C10H18N4. The third kappa shape index (κ3) is 1.54. The summed E-state index contributed by atoms with van der Waals surface area (Å²) in [6.07, 6.45) is 4.57. The van der Waals surface area contributed by atoms with E-state index < -0.39 is 0 Å². The van der Waals surface area contributed by atoms with Crippen molar-refractivity contribution in [3.05, 3.63) is 11.6 Å². The summed E-state index contributed by atoms with van der Waals surface area (Å²) in [7, 11) is 0. The maximum atomic E-state index is 5.76. The Bertz CT molecular complexity index is 305. The van der Waals surface area contributed by atoms with E-state index in [2.05, 4.69) is 21.7 Å². The van der Waals surface area contributed by atoms with Crippen LogP contribution in [0.25, 0.3) is 0 Å². The van der Waals surface area contributed by atoms with E-state index in [1.807, 2.05) is 0 Å². The third-order valence-corrected chi connectivity index (χ3v) is 2.92. The SMILES string of the molecule is CCCC(CN)c1nnc2n1CCC2. The van der Waals surface area contributed by atoms with E-state index in [0.29, 0.717) is 12.5 Å². The number of hydrogen-bond donors (Lipinski definition) is 1. The summed E-state index contributed by atoms with van der Waals surface area (Å²) in [6, 6.07) is 0. The van der Waals surface area contributed by atoms with Gasteiger partial charge in [0.1, 0.15) is 11.6 Å². The maximum Gasteiger partial charge on any atom is 0.137 e. The molecule has 0 aliphatic carbocycles. The summed E-state index contributed by atoms with van der Waals surface area (Å²) in [5.41, 5.74) is 5.76. The molecule has 0 aromatic carbocycles. The van der Waals surface area contributed by atoms with Gasteiger partial charge in [0.05, 0.1) is 0 Å². The zero-order valence-corrected chi connectivity index (χ0v) is 8.74. The number of rotatable bonds is 4. The zero-order chi connectivity index (χ0) is 9.97. The van der Waals surface area contributed by atoms with Gasteiger partial charge in [0.15, 0.2) is 0 Å². The number of nitrogens with two attached hydrogens (primary N) is 1. The quantitative estimate of drug-likeness (QED) is 0.780. The molecule has 2 N–H and O–H groups in total. The molecule has 14 heavy (non-hydrogen) atoms. The Hall–Kier alpha value is -0.900. The van der Waals surface area contributed by atoms with E-state index in [9.17, 15) is 0 Å². The first-order chi connectivity index (χ1) is 6.86. The predicted octanol–water partition coefficient (Wildman–Crippen LogP) is 1.07. The topological polar surface area (TPSA) is 56.7 Å². The van der Waals surface area contributed by atoms with Crippen LogP contribution >= 0.6 is 0 Å². The lowest BCUT2D eigenvalue weighted by atomic mass is 10.0. The van der Waals surface area contributed by atoms with Crippen LogP contribution in [-0.4, -0.2) is 21.3 Å². The predicted molar refractivity (Wildman–Crippen MR) is 55.0 cm³/mol.